The van der Waals surface area contributed by atoms with Crippen LogP contribution >= 0.6 is 11.3 Å². The van der Waals surface area contributed by atoms with Crippen LogP contribution in [0.4, 0.5) is 0 Å². The van der Waals surface area contributed by atoms with Crippen molar-refractivity contribution >= 4 is 43.2 Å². The zero-order valence-corrected chi connectivity index (χ0v) is 19.1. The van der Waals surface area contributed by atoms with Gasteiger partial charge in [-0.2, -0.15) is 4.99 Å². The van der Waals surface area contributed by atoms with Crippen LogP contribution in [0.25, 0.3) is 10.2 Å². The quantitative estimate of drug-likeness (QED) is 0.666. The number of carbonyl (C=O) groups is 2. The summed E-state index contributed by atoms with van der Waals surface area (Å²) in [5, 5.41) is 0. The number of hydrogen-bond donors (Lipinski definition) is 0. The number of likely N-dealkylation sites (tertiary alicyclic amines) is 1. The minimum absolute atomic E-state index is 0.0286. The Morgan fingerprint density at radius 2 is 2.03 bits per heavy atom. The van der Waals surface area contributed by atoms with Gasteiger partial charge in [0.05, 0.1) is 17.3 Å². The van der Waals surface area contributed by atoms with Gasteiger partial charge >= 0.3 is 0 Å². The van der Waals surface area contributed by atoms with Crippen LogP contribution in [0.15, 0.2) is 23.2 Å². The molecule has 1 aliphatic rings. The summed E-state index contributed by atoms with van der Waals surface area (Å²) in [5.41, 5.74) is 0.895. The Kier molecular flexibility index (Phi) is 6.97. The summed E-state index contributed by atoms with van der Waals surface area (Å²) < 4.78 is 32.9. The van der Waals surface area contributed by atoms with Crippen LogP contribution in [-0.2, 0) is 26.0 Å². The minimum Gasteiger partial charge on any atom is -0.497 e. The highest BCUT2D eigenvalue weighted by atomic mass is 32.2. The normalized spacial score (nSPS) is 18.0. The van der Waals surface area contributed by atoms with Gasteiger partial charge in [-0.15, -0.1) is 0 Å². The number of fused-ring (bicyclic) bond motifs is 1. The predicted octanol–water partition coefficient (Wildman–Crippen LogP) is 1.97. The molecule has 1 aromatic carbocycles. The van der Waals surface area contributed by atoms with Crippen LogP contribution in [0.1, 0.15) is 33.1 Å². The molecule has 0 bridgehead atoms. The van der Waals surface area contributed by atoms with Gasteiger partial charge in [0.25, 0.3) is 5.91 Å². The van der Waals surface area contributed by atoms with Gasteiger partial charge in [-0.1, -0.05) is 11.3 Å². The average Bonchev–Trinajstić information content (AvgIpc) is 3.02. The molecule has 1 unspecified atom stereocenters. The van der Waals surface area contributed by atoms with Gasteiger partial charge in [0.1, 0.15) is 17.3 Å². The number of aryl methyl sites for hydroxylation is 1. The lowest BCUT2D eigenvalue weighted by Gasteiger charge is -2.33. The van der Waals surface area contributed by atoms with Crippen LogP contribution in [0, 0.1) is 0 Å². The summed E-state index contributed by atoms with van der Waals surface area (Å²) >= 11 is 1.29. The monoisotopic (exact) mass is 453 g/mol. The number of benzene rings is 1. The number of rotatable bonds is 6. The van der Waals surface area contributed by atoms with E-state index in [0.29, 0.717) is 23.6 Å². The molecule has 8 nitrogen and oxygen atoms in total. The van der Waals surface area contributed by atoms with Gasteiger partial charge in [0.2, 0.25) is 5.91 Å². The highest BCUT2D eigenvalue weighted by molar-refractivity contribution is 7.92. The third kappa shape index (κ3) is 5.10. The van der Waals surface area contributed by atoms with Crippen molar-refractivity contribution in [2.24, 2.45) is 4.99 Å². The topological polar surface area (TPSA) is 98.0 Å². The van der Waals surface area contributed by atoms with Gasteiger partial charge in [-0.25, -0.2) is 8.42 Å². The van der Waals surface area contributed by atoms with Crippen LogP contribution in [-0.4, -0.2) is 60.9 Å². The lowest BCUT2D eigenvalue weighted by molar-refractivity contribution is -0.131. The number of amides is 2. The van der Waals surface area contributed by atoms with E-state index in [9.17, 15) is 18.0 Å². The number of carbonyl (C=O) groups excluding carboxylic acids is 2. The first-order valence-corrected chi connectivity index (χ1v) is 12.6. The van der Waals surface area contributed by atoms with Gasteiger partial charge in [0.15, 0.2) is 14.6 Å². The number of hydrogen-bond acceptors (Lipinski definition) is 6. The number of piperidine rings is 1. The summed E-state index contributed by atoms with van der Waals surface area (Å²) in [6.45, 7) is 4.99. The van der Waals surface area contributed by atoms with Crippen molar-refractivity contribution in [2.45, 2.75) is 45.7 Å². The third-order valence-corrected chi connectivity index (χ3v) is 7.65. The molecule has 2 amide bonds. The summed E-state index contributed by atoms with van der Waals surface area (Å²) in [5.74, 6) is -1.95. The van der Waals surface area contributed by atoms with Crippen molar-refractivity contribution in [1.29, 1.82) is 0 Å². The van der Waals surface area contributed by atoms with E-state index in [1.807, 2.05) is 36.6 Å². The maximum Gasteiger partial charge on any atom is 0.263 e. The summed E-state index contributed by atoms with van der Waals surface area (Å²) in [6, 6.07) is 5.59. The van der Waals surface area contributed by atoms with Crippen molar-refractivity contribution in [3.05, 3.63) is 23.0 Å². The first-order chi connectivity index (χ1) is 14.2. The van der Waals surface area contributed by atoms with Crippen molar-refractivity contribution < 1.29 is 22.7 Å². The van der Waals surface area contributed by atoms with Crippen molar-refractivity contribution in [3.63, 3.8) is 0 Å². The molecule has 1 aliphatic heterocycles. The second kappa shape index (κ2) is 9.30. The molecule has 0 N–H and O–H groups in total. The van der Waals surface area contributed by atoms with Crippen LogP contribution in [0.5, 0.6) is 5.75 Å². The first-order valence-electron chi connectivity index (χ1n) is 9.99. The first kappa shape index (κ1) is 22.5. The average molecular weight is 454 g/mol. The van der Waals surface area contributed by atoms with Crippen molar-refractivity contribution in [1.82, 2.24) is 9.47 Å². The van der Waals surface area contributed by atoms with E-state index in [2.05, 4.69) is 4.99 Å². The fourth-order valence-corrected chi connectivity index (χ4v) is 5.91. The van der Waals surface area contributed by atoms with E-state index in [-0.39, 0.29) is 6.04 Å². The molecule has 0 saturated carbocycles. The second-order valence-electron chi connectivity index (χ2n) is 7.43. The Labute approximate surface area is 180 Å². The van der Waals surface area contributed by atoms with Crippen LogP contribution < -0.4 is 9.54 Å². The molecular weight excluding hydrogens is 426 g/mol. The van der Waals surface area contributed by atoms with Crippen molar-refractivity contribution in [2.75, 3.05) is 25.2 Å². The van der Waals surface area contributed by atoms with E-state index < -0.39 is 33.2 Å². The Morgan fingerprint density at radius 3 is 2.70 bits per heavy atom. The number of aromatic nitrogens is 1. The third-order valence-electron chi connectivity index (χ3n) is 5.24. The molecule has 3 rings (SSSR count). The van der Waals surface area contributed by atoms with E-state index >= 15 is 0 Å². The van der Waals surface area contributed by atoms with E-state index in [1.54, 1.807) is 12.0 Å². The molecule has 0 radical (unpaired) electrons. The molecule has 30 heavy (non-hydrogen) atoms. The maximum absolute atomic E-state index is 12.5. The van der Waals surface area contributed by atoms with E-state index in [0.717, 1.165) is 29.5 Å². The summed E-state index contributed by atoms with van der Waals surface area (Å²) in [4.78, 5) is 30.9. The lowest BCUT2D eigenvalue weighted by Crippen LogP contribution is -2.45. The zero-order chi connectivity index (χ0) is 21.9. The number of ether oxygens (including phenoxy) is 1. The van der Waals surface area contributed by atoms with E-state index in [1.165, 1.54) is 11.3 Å². The van der Waals surface area contributed by atoms with Crippen LogP contribution in [0.3, 0.4) is 0 Å². The summed E-state index contributed by atoms with van der Waals surface area (Å²) in [7, 11) is -2.31. The van der Waals surface area contributed by atoms with Crippen LogP contribution in [0.2, 0.25) is 0 Å². The molecule has 2 heterocycles. The number of thiazole rings is 1. The lowest BCUT2D eigenvalue weighted by atomic mass is 10.0. The fraction of sp³-hybridized carbons (Fsp3) is 0.550. The highest BCUT2D eigenvalue weighted by Crippen LogP contribution is 2.23. The molecule has 0 spiro atoms. The molecular formula is C20H27N3O5S2. The molecule has 0 aliphatic carbocycles. The largest absolute Gasteiger partial charge is 0.497 e. The molecule has 10 heteroatoms. The number of sulfone groups is 1. The smallest absolute Gasteiger partial charge is 0.263 e. The standard InChI is InChI=1S/C20H27N3O5S2/c1-4-22-16-9-8-15(28-3)11-17(16)29-20(22)21-18(24)12-30(26,27)13-19(25)23-10-6-5-7-14(23)2/h8-9,11,14H,4-7,10,12-13H2,1-3H3. The Hall–Kier alpha value is -2.20. The maximum atomic E-state index is 12.5. The molecule has 1 atom stereocenters. The Balaban J connectivity index is 1.78. The van der Waals surface area contributed by atoms with Crippen molar-refractivity contribution in [3.8, 4) is 5.75 Å². The molecule has 1 saturated heterocycles. The second-order valence-corrected chi connectivity index (χ2v) is 10.5. The fourth-order valence-electron chi connectivity index (χ4n) is 3.69. The zero-order valence-electron chi connectivity index (χ0n) is 17.5. The van der Waals surface area contributed by atoms with Gasteiger partial charge in [-0.05, 0) is 51.3 Å². The highest BCUT2D eigenvalue weighted by Gasteiger charge is 2.28. The predicted molar refractivity (Wildman–Crippen MR) is 116 cm³/mol. The molecule has 164 valence electrons. The van der Waals surface area contributed by atoms with E-state index in [4.69, 9.17) is 4.74 Å². The SMILES string of the molecule is CCn1c(=NC(=O)CS(=O)(=O)CC(=O)N2CCCCC2C)sc2cc(OC)ccc21. The molecule has 1 fully saturated rings. The molecule has 2 aromatic rings. The molecule has 1 aromatic heterocycles. The summed E-state index contributed by atoms with van der Waals surface area (Å²) in [6.07, 6.45) is 2.78. The Bertz CT molecular complexity index is 1120. The number of methoxy groups -OCH3 is 1. The van der Waals surface area contributed by atoms with Gasteiger partial charge in [-0.3, -0.25) is 9.59 Å². The Morgan fingerprint density at radius 1 is 1.27 bits per heavy atom. The number of nitrogens with zero attached hydrogens (tertiary/aromatic N) is 3. The van der Waals surface area contributed by atoms with Gasteiger partial charge in [0, 0.05) is 19.1 Å². The minimum atomic E-state index is -3.89. The van der Waals surface area contributed by atoms with Gasteiger partial charge < -0.3 is 14.2 Å².